The highest BCUT2D eigenvalue weighted by Crippen LogP contribution is 2.31. The Morgan fingerprint density at radius 3 is 2.83 bits per heavy atom. The summed E-state index contributed by atoms with van der Waals surface area (Å²) >= 11 is 6.13. The first-order valence-electron chi connectivity index (χ1n) is 5.91. The molecule has 0 aliphatic carbocycles. The molecule has 0 amide bonds. The summed E-state index contributed by atoms with van der Waals surface area (Å²) in [5.74, 6) is 0.0606. The van der Waals surface area contributed by atoms with Gasteiger partial charge in [-0.25, -0.2) is 0 Å². The number of ether oxygens (including phenoxy) is 1. The van der Waals surface area contributed by atoms with Gasteiger partial charge in [0, 0.05) is 25.1 Å². The molecule has 1 aromatic rings. The molecular formula is C12H18ClN3O2. The van der Waals surface area contributed by atoms with Crippen molar-refractivity contribution in [1.29, 1.82) is 0 Å². The molecular weight excluding hydrogens is 254 g/mol. The van der Waals surface area contributed by atoms with Crippen LogP contribution in [-0.4, -0.2) is 34.8 Å². The molecule has 0 aromatic carbocycles. The summed E-state index contributed by atoms with van der Waals surface area (Å²) in [5.41, 5.74) is 6.90. The van der Waals surface area contributed by atoms with Crippen molar-refractivity contribution in [3.05, 3.63) is 16.4 Å². The third kappa shape index (κ3) is 2.06. The average Bonchev–Trinajstić information content (AvgIpc) is 2.76. The first-order valence-corrected chi connectivity index (χ1v) is 6.28. The maximum absolute atomic E-state index is 12.4. The number of ketones is 1. The van der Waals surface area contributed by atoms with E-state index in [4.69, 9.17) is 22.1 Å². The zero-order valence-corrected chi connectivity index (χ0v) is 11.6. The average molecular weight is 272 g/mol. The van der Waals surface area contributed by atoms with E-state index >= 15 is 0 Å². The fourth-order valence-corrected chi connectivity index (χ4v) is 2.45. The molecule has 5 nitrogen and oxygen atoms in total. The zero-order valence-electron chi connectivity index (χ0n) is 10.9. The summed E-state index contributed by atoms with van der Waals surface area (Å²) in [6.45, 7) is 4.51. The van der Waals surface area contributed by atoms with Crippen LogP contribution in [0.1, 0.15) is 18.2 Å². The first kappa shape index (κ1) is 13.5. The van der Waals surface area contributed by atoms with E-state index in [1.807, 2.05) is 13.8 Å². The number of nitrogens with zero attached hydrogens (tertiary/aromatic N) is 2. The number of carbonyl (C=O) groups excluding carboxylic acids is 1. The summed E-state index contributed by atoms with van der Waals surface area (Å²) in [6.07, 6.45) is 0.256. The van der Waals surface area contributed by atoms with Crippen LogP contribution in [0.15, 0.2) is 0 Å². The molecule has 2 unspecified atom stereocenters. The summed E-state index contributed by atoms with van der Waals surface area (Å²) in [7, 11) is 1.76. The van der Waals surface area contributed by atoms with Gasteiger partial charge >= 0.3 is 0 Å². The molecule has 1 aliphatic rings. The molecule has 0 saturated carbocycles. The van der Waals surface area contributed by atoms with Gasteiger partial charge in [-0.3, -0.25) is 9.48 Å². The Balaban J connectivity index is 2.22. The van der Waals surface area contributed by atoms with Crippen molar-refractivity contribution in [3.8, 4) is 0 Å². The van der Waals surface area contributed by atoms with E-state index in [-0.39, 0.29) is 18.2 Å². The second kappa shape index (κ2) is 4.64. The van der Waals surface area contributed by atoms with Crippen LogP contribution in [-0.2, 0) is 23.0 Å². The molecule has 18 heavy (non-hydrogen) atoms. The molecule has 0 bridgehead atoms. The minimum Gasteiger partial charge on any atom is -0.379 e. The molecule has 0 spiro atoms. The van der Waals surface area contributed by atoms with Gasteiger partial charge in [0.25, 0.3) is 0 Å². The van der Waals surface area contributed by atoms with Crippen LogP contribution >= 0.6 is 11.6 Å². The fourth-order valence-electron chi connectivity index (χ4n) is 2.21. The van der Waals surface area contributed by atoms with E-state index in [2.05, 4.69) is 5.10 Å². The van der Waals surface area contributed by atoms with Crippen LogP contribution in [0.25, 0.3) is 0 Å². The van der Waals surface area contributed by atoms with Crippen molar-refractivity contribution in [2.45, 2.75) is 26.3 Å². The zero-order chi connectivity index (χ0) is 13.5. The van der Waals surface area contributed by atoms with Crippen LogP contribution in [0.2, 0.25) is 5.15 Å². The Morgan fingerprint density at radius 2 is 2.39 bits per heavy atom. The topological polar surface area (TPSA) is 70.1 Å². The Bertz CT molecular complexity index is 486. The van der Waals surface area contributed by atoms with Crippen molar-refractivity contribution >= 4 is 17.4 Å². The van der Waals surface area contributed by atoms with Crippen LogP contribution in [0.4, 0.5) is 0 Å². The van der Waals surface area contributed by atoms with Gasteiger partial charge in [0.15, 0.2) is 0 Å². The number of carbonyl (C=O) groups is 1. The van der Waals surface area contributed by atoms with E-state index in [0.717, 1.165) is 11.3 Å². The van der Waals surface area contributed by atoms with Crippen molar-refractivity contribution in [3.63, 3.8) is 0 Å². The monoisotopic (exact) mass is 271 g/mol. The van der Waals surface area contributed by atoms with Crippen LogP contribution in [0, 0.1) is 12.3 Å². The Hall–Kier alpha value is -0.910. The second-order valence-corrected chi connectivity index (χ2v) is 5.48. The SMILES string of the molecule is Cc1nn(C)c(Cl)c1CC(=O)C1(C)COCC1N. The number of aryl methyl sites for hydroxylation is 2. The third-order valence-electron chi connectivity index (χ3n) is 3.76. The number of halogens is 1. The highest BCUT2D eigenvalue weighted by Gasteiger charge is 2.44. The van der Waals surface area contributed by atoms with Crippen molar-refractivity contribution in [2.75, 3.05) is 13.2 Å². The molecule has 1 aliphatic heterocycles. The largest absolute Gasteiger partial charge is 0.379 e. The summed E-state index contributed by atoms with van der Waals surface area (Å²) in [4.78, 5) is 12.4. The van der Waals surface area contributed by atoms with Gasteiger partial charge in [-0.2, -0.15) is 5.10 Å². The fraction of sp³-hybridized carbons (Fsp3) is 0.667. The lowest BCUT2D eigenvalue weighted by Gasteiger charge is -2.25. The van der Waals surface area contributed by atoms with E-state index in [9.17, 15) is 4.79 Å². The van der Waals surface area contributed by atoms with Crippen LogP contribution in [0.3, 0.4) is 0 Å². The third-order valence-corrected chi connectivity index (χ3v) is 4.23. The van der Waals surface area contributed by atoms with Crippen molar-refractivity contribution in [1.82, 2.24) is 9.78 Å². The standard InChI is InChI=1S/C12H18ClN3O2/c1-7-8(11(13)16(3)15-7)4-10(17)12(2)6-18-5-9(12)14/h9H,4-6,14H2,1-3H3. The van der Waals surface area contributed by atoms with Crippen LogP contribution in [0.5, 0.6) is 0 Å². The van der Waals surface area contributed by atoms with Gasteiger partial charge in [0.1, 0.15) is 10.9 Å². The molecule has 2 heterocycles. The lowest BCUT2D eigenvalue weighted by atomic mass is 9.79. The summed E-state index contributed by atoms with van der Waals surface area (Å²) in [6, 6.07) is -0.249. The predicted molar refractivity (Wildman–Crippen MR) is 68.6 cm³/mol. The normalized spacial score (nSPS) is 27.7. The van der Waals surface area contributed by atoms with Crippen LogP contribution < -0.4 is 5.73 Å². The highest BCUT2D eigenvalue weighted by atomic mass is 35.5. The molecule has 2 rings (SSSR count). The van der Waals surface area contributed by atoms with Gasteiger partial charge < -0.3 is 10.5 Å². The van der Waals surface area contributed by atoms with E-state index in [0.29, 0.717) is 18.4 Å². The number of hydrogen-bond donors (Lipinski definition) is 1. The molecule has 100 valence electrons. The van der Waals surface area contributed by atoms with Crippen molar-refractivity contribution in [2.24, 2.45) is 18.2 Å². The van der Waals surface area contributed by atoms with Gasteiger partial charge in [0.2, 0.25) is 0 Å². The number of Topliss-reactive ketones (excluding diaryl/α,β-unsaturated/α-hetero) is 1. The number of rotatable bonds is 3. The maximum Gasteiger partial charge on any atom is 0.147 e. The highest BCUT2D eigenvalue weighted by molar-refractivity contribution is 6.30. The maximum atomic E-state index is 12.4. The molecule has 0 radical (unpaired) electrons. The number of hydrogen-bond acceptors (Lipinski definition) is 4. The predicted octanol–water partition coefficient (Wildman–Crippen LogP) is 0.857. The second-order valence-electron chi connectivity index (χ2n) is 5.12. The minimum absolute atomic E-state index is 0.0606. The summed E-state index contributed by atoms with van der Waals surface area (Å²) < 4.78 is 6.87. The van der Waals surface area contributed by atoms with Gasteiger partial charge in [-0.15, -0.1) is 0 Å². The molecule has 2 atom stereocenters. The van der Waals surface area contributed by atoms with Crippen molar-refractivity contribution < 1.29 is 9.53 Å². The lowest BCUT2D eigenvalue weighted by molar-refractivity contribution is -0.127. The Kier molecular flexibility index (Phi) is 3.49. The Labute approximate surface area is 111 Å². The first-order chi connectivity index (χ1) is 8.36. The quantitative estimate of drug-likeness (QED) is 0.885. The smallest absolute Gasteiger partial charge is 0.147 e. The number of aromatic nitrogens is 2. The lowest BCUT2D eigenvalue weighted by Crippen LogP contribution is -2.45. The van der Waals surface area contributed by atoms with Gasteiger partial charge in [0.05, 0.1) is 24.3 Å². The molecule has 1 saturated heterocycles. The Morgan fingerprint density at radius 1 is 1.72 bits per heavy atom. The molecule has 1 aromatic heterocycles. The van der Waals surface area contributed by atoms with E-state index in [1.54, 1.807) is 11.7 Å². The van der Waals surface area contributed by atoms with E-state index < -0.39 is 5.41 Å². The van der Waals surface area contributed by atoms with Gasteiger partial charge in [-0.1, -0.05) is 11.6 Å². The van der Waals surface area contributed by atoms with Gasteiger partial charge in [-0.05, 0) is 13.8 Å². The number of nitrogens with two attached hydrogens (primary N) is 1. The molecule has 1 fully saturated rings. The summed E-state index contributed by atoms with van der Waals surface area (Å²) in [5, 5.41) is 4.71. The molecule has 2 N–H and O–H groups in total. The van der Waals surface area contributed by atoms with E-state index in [1.165, 1.54) is 0 Å². The molecule has 6 heteroatoms. The minimum atomic E-state index is -0.619.